The minimum Gasteiger partial charge on any atom is -0.346 e. The van der Waals surface area contributed by atoms with Crippen LogP contribution in [-0.4, -0.2) is 14.5 Å². The molecule has 29 heavy (non-hydrogen) atoms. The summed E-state index contributed by atoms with van der Waals surface area (Å²) in [5, 5.41) is 2.64. The molecule has 0 saturated heterocycles. The molecule has 0 N–H and O–H groups in total. The van der Waals surface area contributed by atoms with Crippen LogP contribution >= 0.6 is 0 Å². The highest BCUT2D eigenvalue weighted by atomic mass is 15.0. The van der Waals surface area contributed by atoms with E-state index in [4.69, 9.17) is 0 Å². The fourth-order valence-corrected chi connectivity index (χ4v) is 4.54. The van der Waals surface area contributed by atoms with Gasteiger partial charge in [-0.2, -0.15) is 0 Å². The highest BCUT2D eigenvalue weighted by Gasteiger charge is 2.28. The van der Waals surface area contributed by atoms with Crippen LogP contribution in [0.2, 0.25) is 0 Å². The molecule has 0 radical (unpaired) electrons. The molecule has 0 saturated carbocycles. The second-order valence-corrected chi connectivity index (χ2v) is 7.46. The maximum absolute atomic E-state index is 4.66. The van der Waals surface area contributed by atoms with Crippen LogP contribution in [0.4, 0.5) is 0 Å². The Morgan fingerprint density at radius 2 is 1.48 bits per heavy atom. The van der Waals surface area contributed by atoms with Crippen LogP contribution < -0.4 is 0 Å². The minimum atomic E-state index is 0.885. The Balaban J connectivity index is 1.56. The lowest BCUT2D eigenvalue weighted by Gasteiger charge is -2.09. The van der Waals surface area contributed by atoms with Gasteiger partial charge in [-0.3, -0.25) is 9.97 Å². The fraction of sp³-hybridized carbons (Fsp3) is 0.0769. The maximum Gasteiger partial charge on any atom is 0.0723 e. The van der Waals surface area contributed by atoms with Gasteiger partial charge in [0.1, 0.15) is 0 Å². The number of benzene rings is 2. The van der Waals surface area contributed by atoms with E-state index >= 15 is 0 Å². The van der Waals surface area contributed by atoms with Crippen LogP contribution in [0.25, 0.3) is 44.4 Å². The van der Waals surface area contributed by atoms with Gasteiger partial charge in [0.25, 0.3) is 0 Å². The SMILES string of the molecule is c1ccc(CCn2cc(-c3ccccn3)c3c2-c2cccc4cccc-3c24)nc1. The molecule has 2 aromatic carbocycles. The van der Waals surface area contributed by atoms with Crippen molar-refractivity contribution in [2.45, 2.75) is 13.0 Å². The van der Waals surface area contributed by atoms with Crippen molar-refractivity contribution < 1.29 is 0 Å². The zero-order chi connectivity index (χ0) is 19.2. The number of fused-ring (bicyclic) bond motifs is 3. The van der Waals surface area contributed by atoms with Crippen LogP contribution in [0.1, 0.15) is 5.69 Å². The quantitative estimate of drug-likeness (QED) is 0.380. The Morgan fingerprint density at radius 1 is 0.690 bits per heavy atom. The van der Waals surface area contributed by atoms with Gasteiger partial charge in [-0.1, -0.05) is 48.5 Å². The van der Waals surface area contributed by atoms with Gasteiger partial charge in [0.2, 0.25) is 0 Å². The number of nitrogens with zero attached hydrogens (tertiary/aromatic N) is 3. The molecule has 0 aliphatic heterocycles. The molecule has 0 spiro atoms. The molecule has 0 amide bonds. The average Bonchev–Trinajstić information content (AvgIpc) is 3.32. The van der Waals surface area contributed by atoms with Gasteiger partial charge in [-0.05, 0) is 40.6 Å². The monoisotopic (exact) mass is 373 g/mol. The molecule has 0 bridgehead atoms. The van der Waals surface area contributed by atoms with E-state index in [2.05, 4.69) is 81.4 Å². The molecule has 5 aromatic rings. The van der Waals surface area contributed by atoms with Crippen molar-refractivity contribution in [1.82, 2.24) is 14.5 Å². The summed E-state index contributed by atoms with van der Waals surface area (Å²) in [6.07, 6.45) is 6.90. The lowest BCUT2D eigenvalue weighted by molar-refractivity contribution is 0.697. The number of aromatic nitrogens is 3. The third kappa shape index (κ3) is 2.51. The highest BCUT2D eigenvalue weighted by molar-refractivity contribution is 6.17. The van der Waals surface area contributed by atoms with Gasteiger partial charge in [0.15, 0.2) is 0 Å². The molecule has 1 aliphatic rings. The van der Waals surface area contributed by atoms with Crippen LogP contribution in [0, 0.1) is 0 Å². The van der Waals surface area contributed by atoms with E-state index in [1.165, 1.54) is 38.7 Å². The molecule has 6 rings (SSSR count). The van der Waals surface area contributed by atoms with Crippen molar-refractivity contribution in [2.24, 2.45) is 0 Å². The Morgan fingerprint density at radius 3 is 2.24 bits per heavy atom. The summed E-state index contributed by atoms with van der Waals surface area (Å²) < 4.78 is 2.39. The molecule has 0 atom stereocenters. The maximum atomic E-state index is 4.66. The van der Waals surface area contributed by atoms with Crippen LogP contribution in [0.15, 0.2) is 91.4 Å². The van der Waals surface area contributed by atoms with E-state index in [1.54, 1.807) is 0 Å². The lowest BCUT2D eigenvalue weighted by atomic mass is 10.0. The van der Waals surface area contributed by atoms with Gasteiger partial charge in [-0.15, -0.1) is 0 Å². The number of hydrogen-bond donors (Lipinski definition) is 0. The number of hydrogen-bond acceptors (Lipinski definition) is 2. The Kier molecular flexibility index (Phi) is 3.60. The van der Waals surface area contributed by atoms with Crippen molar-refractivity contribution in [2.75, 3.05) is 0 Å². The number of rotatable bonds is 4. The van der Waals surface area contributed by atoms with E-state index < -0.39 is 0 Å². The first-order valence-electron chi connectivity index (χ1n) is 9.97. The molecule has 138 valence electrons. The Labute approximate surface area is 169 Å². The molecule has 3 heteroatoms. The van der Waals surface area contributed by atoms with Crippen LogP contribution in [0.5, 0.6) is 0 Å². The van der Waals surface area contributed by atoms with E-state index in [9.17, 15) is 0 Å². The van der Waals surface area contributed by atoms with E-state index in [0.717, 1.165) is 24.4 Å². The molecule has 1 aliphatic carbocycles. The second-order valence-electron chi connectivity index (χ2n) is 7.46. The zero-order valence-corrected chi connectivity index (χ0v) is 15.9. The third-order valence-electron chi connectivity index (χ3n) is 5.78. The minimum absolute atomic E-state index is 0.885. The smallest absolute Gasteiger partial charge is 0.0723 e. The van der Waals surface area contributed by atoms with Gasteiger partial charge in [-0.25, -0.2) is 0 Å². The first-order valence-corrected chi connectivity index (χ1v) is 9.97. The molecular weight excluding hydrogens is 354 g/mol. The predicted molar refractivity (Wildman–Crippen MR) is 118 cm³/mol. The second kappa shape index (κ2) is 6.42. The average molecular weight is 373 g/mol. The van der Waals surface area contributed by atoms with E-state index in [-0.39, 0.29) is 0 Å². The van der Waals surface area contributed by atoms with Crippen molar-refractivity contribution in [3.8, 4) is 33.6 Å². The molecular formula is C26H19N3. The lowest BCUT2D eigenvalue weighted by Crippen LogP contribution is -2.02. The van der Waals surface area contributed by atoms with E-state index in [0.29, 0.717) is 0 Å². The van der Waals surface area contributed by atoms with Crippen molar-refractivity contribution >= 4 is 10.8 Å². The van der Waals surface area contributed by atoms with Gasteiger partial charge in [0.05, 0.1) is 11.4 Å². The molecule has 3 aromatic heterocycles. The largest absolute Gasteiger partial charge is 0.346 e. The van der Waals surface area contributed by atoms with E-state index in [1.807, 2.05) is 24.5 Å². The summed E-state index contributed by atoms with van der Waals surface area (Å²) in [6, 6.07) is 25.5. The topological polar surface area (TPSA) is 30.7 Å². The summed E-state index contributed by atoms with van der Waals surface area (Å²) in [6.45, 7) is 0.885. The van der Waals surface area contributed by atoms with Gasteiger partial charge >= 0.3 is 0 Å². The third-order valence-corrected chi connectivity index (χ3v) is 5.78. The van der Waals surface area contributed by atoms with Crippen molar-refractivity contribution in [1.29, 1.82) is 0 Å². The zero-order valence-electron chi connectivity index (χ0n) is 15.9. The first-order chi connectivity index (χ1) is 14.4. The number of pyridine rings is 2. The summed E-state index contributed by atoms with van der Waals surface area (Å²) in [4.78, 5) is 9.16. The first kappa shape index (κ1) is 16.3. The molecule has 0 unspecified atom stereocenters. The Bertz CT molecular complexity index is 1330. The summed E-state index contributed by atoms with van der Waals surface area (Å²) in [5.41, 5.74) is 8.56. The van der Waals surface area contributed by atoms with Crippen molar-refractivity contribution in [3.63, 3.8) is 0 Å². The Hall–Kier alpha value is -3.72. The summed E-state index contributed by atoms with van der Waals surface area (Å²) in [5.74, 6) is 0. The molecule has 3 nitrogen and oxygen atoms in total. The highest BCUT2D eigenvalue weighted by Crippen LogP contribution is 2.51. The van der Waals surface area contributed by atoms with Crippen molar-refractivity contribution in [3.05, 3.63) is 97.1 Å². The predicted octanol–water partition coefficient (Wildman–Crippen LogP) is 5.99. The van der Waals surface area contributed by atoms with Crippen LogP contribution in [0.3, 0.4) is 0 Å². The van der Waals surface area contributed by atoms with Gasteiger partial charge in [0, 0.05) is 53.9 Å². The van der Waals surface area contributed by atoms with Gasteiger partial charge < -0.3 is 4.57 Å². The molecule has 0 fully saturated rings. The fourth-order valence-electron chi connectivity index (χ4n) is 4.54. The number of aryl methyl sites for hydroxylation is 2. The molecule has 3 heterocycles. The summed E-state index contributed by atoms with van der Waals surface area (Å²) >= 11 is 0. The van der Waals surface area contributed by atoms with Crippen LogP contribution in [-0.2, 0) is 13.0 Å². The normalized spacial score (nSPS) is 11.7. The standard InChI is InChI=1S/C26H19N3/c1-3-14-27-19(9-1)13-16-29-17-22(23-12-2-4-15-28-23)25-20-10-5-7-18-8-6-11-21(24(18)20)26(25)29/h1-12,14-15,17H,13,16H2. The summed E-state index contributed by atoms with van der Waals surface area (Å²) in [7, 11) is 0.